The molecule has 0 aliphatic carbocycles. The number of amides is 1. The standard InChI is InChI=1S/C19H21F3N2O3S/c1-3-11(4-2)16(18(26)27)24-15(25)9-14-10-28-17(23-14)12-5-7-13(8-6-12)19(20,21)22/h5-8,10-11,16H,3-4,9H2,1-2H3,(H,24,25)(H,26,27). The Morgan fingerprint density at radius 1 is 1.18 bits per heavy atom. The third-order valence-electron chi connectivity index (χ3n) is 4.46. The maximum atomic E-state index is 12.6. The molecule has 0 aliphatic heterocycles. The number of carbonyl (C=O) groups is 2. The summed E-state index contributed by atoms with van der Waals surface area (Å²) in [6.45, 7) is 3.74. The van der Waals surface area contributed by atoms with E-state index in [0.29, 0.717) is 29.1 Å². The van der Waals surface area contributed by atoms with E-state index in [0.717, 1.165) is 12.1 Å². The Hall–Kier alpha value is -2.42. The molecule has 0 bridgehead atoms. The normalized spacial score (nSPS) is 12.8. The van der Waals surface area contributed by atoms with Crippen LogP contribution in [0.4, 0.5) is 13.2 Å². The first-order chi connectivity index (χ1) is 13.2. The molecular weight excluding hydrogens is 393 g/mol. The smallest absolute Gasteiger partial charge is 0.416 e. The van der Waals surface area contributed by atoms with Crippen molar-refractivity contribution in [2.75, 3.05) is 0 Å². The molecule has 0 fully saturated rings. The predicted molar refractivity (Wildman–Crippen MR) is 99.9 cm³/mol. The zero-order valence-corrected chi connectivity index (χ0v) is 16.2. The van der Waals surface area contributed by atoms with Gasteiger partial charge in [0.1, 0.15) is 11.0 Å². The average molecular weight is 414 g/mol. The molecule has 9 heteroatoms. The fourth-order valence-electron chi connectivity index (χ4n) is 2.85. The van der Waals surface area contributed by atoms with Gasteiger partial charge in [0.15, 0.2) is 0 Å². The van der Waals surface area contributed by atoms with E-state index in [1.54, 1.807) is 5.38 Å². The molecule has 28 heavy (non-hydrogen) atoms. The van der Waals surface area contributed by atoms with Gasteiger partial charge in [0.25, 0.3) is 0 Å². The van der Waals surface area contributed by atoms with Gasteiger partial charge in [0.2, 0.25) is 5.91 Å². The lowest BCUT2D eigenvalue weighted by Crippen LogP contribution is -2.46. The molecule has 0 saturated carbocycles. The average Bonchev–Trinajstić information content (AvgIpc) is 3.09. The van der Waals surface area contributed by atoms with Crippen LogP contribution in [0.25, 0.3) is 10.6 Å². The highest BCUT2D eigenvalue weighted by Gasteiger charge is 2.30. The van der Waals surface area contributed by atoms with Crippen LogP contribution in [0.5, 0.6) is 0 Å². The second kappa shape index (κ2) is 9.18. The second-order valence-electron chi connectivity index (χ2n) is 6.36. The Labute approximate surface area is 164 Å². The molecule has 1 amide bonds. The number of alkyl halides is 3. The summed E-state index contributed by atoms with van der Waals surface area (Å²) in [4.78, 5) is 27.9. The molecule has 2 rings (SSSR count). The van der Waals surface area contributed by atoms with Crippen LogP contribution in [0.15, 0.2) is 29.6 Å². The van der Waals surface area contributed by atoms with Crippen molar-refractivity contribution in [3.63, 3.8) is 0 Å². The highest BCUT2D eigenvalue weighted by molar-refractivity contribution is 7.13. The van der Waals surface area contributed by atoms with Crippen molar-refractivity contribution >= 4 is 23.2 Å². The van der Waals surface area contributed by atoms with Crippen molar-refractivity contribution in [2.24, 2.45) is 5.92 Å². The Morgan fingerprint density at radius 3 is 2.29 bits per heavy atom. The van der Waals surface area contributed by atoms with Gasteiger partial charge in [0, 0.05) is 10.9 Å². The molecule has 1 atom stereocenters. The number of hydrogen-bond donors (Lipinski definition) is 2. The largest absolute Gasteiger partial charge is 0.480 e. The number of carboxylic acid groups (broad SMARTS) is 1. The van der Waals surface area contributed by atoms with Gasteiger partial charge >= 0.3 is 12.1 Å². The minimum absolute atomic E-state index is 0.0962. The summed E-state index contributed by atoms with van der Waals surface area (Å²) >= 11 is 1.21. The van der Waals surface area contributed by atoms with Gasteiger partial charge in [-0.2, -0.15) is 13.2 Å². The maximum Gasteiger partial charge on any atom is 0.416 e. The molecule has 0 saturated heterocycles. The molecule has 0 aliphatic rings. The summed E-state index contributed by atoms with van der Waals surface area (Å²) < 4.78 is 37.9. The fraction of sp³-hybridized carbons (Fsp3) is 0.421. The minimum atomic E-state index is -4.40. The quantitative estimate of drug-likeness (QED) is 0.672. The number of nitrogens with zero attached hydrogens (tertiary/aromatic N) is 1. The van der Waals surface area contributed by atoms with Gasteiger partial charge < -0.3 is 10.4 Å². The number of benzene rings is 1. The van der Waals surface area contributed by atoms with E-state index in [9.17, 15) is 27.9 Å². The Bertz CT molecular complexity index is 815. The summed E-state index contributed by atoms with van der Waals surface area (Å²) in [5.41, 5.74) is 0.213. The molecule has 2 N–H and O–H groups in total. The van der Waals surface area contributed by atoms with Crippen molar-refractivity contribution in [3.05, 3.63) is 40.9 Å². The number of carboxylic acids is 1. The van der Waals surface area contributed by atoms with E-state index in [4.69, 9.17) is 0 Å². The summed E-state index contributed by atoms with van der Waals surface area (Å²) in [5.74, 6) is -1.70. The fourth-order valence-corrected chi connectivity index (χ4v) is 3.68. The van der Waals surface area contributed by atoms with Crippen LogP contribution in [0, 0.1) is 5.92 Å². The Balaban J connectivity index is 2.05. The first kappa shape index (κ1) is 21.9. The zero-order valence-electron chi connectivity index (χ0n) is 15.4. The van der Waals surface area contributed by atoms with Crippen LogP contribution < -0.4 is 5.32 Å². The lowest BCUT2D eigenvalue weighted by atomic mass is 9.94. The van der Waals surface area contributed by atoms with Gasteiger partial charge in [-0.3, -0.25) is 4.79 Å². The molecule has 152 valence electrons. The van der Waals surface area contributed by atoms with Gasteiger partial charge in [-0.25, -0.2) is 9.78 Å². The molecular formula is C19H21F3N2O3S. The van der Waals surface area contributed by atoms with Crippen molar-refractivity contribution in [1.29, 1.82) is 0 Å². The number of rotatable bonds is 8. The monoisotopic (exact) mass is 414 g/mol. The number of carbonyl (C=O) groups excluding carboxylic acids is 1. The second-order valence-corrected chi connectivity index (χ2v) is 7.21. The molecule has 0 radical (unpaired) electrons. The van der Waals surface area contributed by atoms with E-state index in [-0.39, 0.29) is 12.3 Å². The molecule has 1 heterocycles. The molecule has 2 aromatic rings. The number of thiazole rings is 1. The summed E-state index contributed by atoms with van der Waals surface area (Å²) in [7, 11) is 0. The summed E-state index contributed by atoms with van der Waals surface area (Å²) in [5, 5.41) is 14.0. The number of halogens is 3. The minimum Gasteiger partial charge on any atom is -0.480 e. The van der Waals surface area contributed by atoms with Crippen LogP contribution in [-0.4, -0.2) is 28.0 Å². The number of aromatic nitrogens is 1. The van der Waals surface area contributed by atoms with Crippen molar-refractivity contribution < 1.29 is 27.9 Å². The topological polar surface area (TPSA) is 79.3 Å². The molecule has 1 unspecified atom stereocenters. The van der Waals surface area contributed by atoms with Crippen LogP contribution in [0.3, 0.4) is 0 Å². The van der Waals surface area contributed by atoms with Gasteiger partial charge in [0.05, 0.1) is 17.7 Å². The van der Waals surface area contributed by atoms with Crippen molar-refractivity contribution in [1.82, 2.24) is 10.3 Å². The third kappa shape index (κ3) is 5.54. The van der Waals surface area contributed by atoms with E-state index in [1.165, 1.54) is 23.5 Å². The highest BCUT2D eigenvalue weighted by Crippen LogP contribution is 2.31. The first-order valence-electron chi connectivity index (χ1n) is 8.79. The lowest BCUT2D eigenvalue weighted by molar-refractivity contribution is -0.143. The Kier molecular flexibility index (Phi) is 7.17. The van der Waals surface area contributed by atoms with Crippen molar-refractivity contribution in [2.45, 2.75) is 45.3 Å². The van der Waals surface area contributed by atoms with E-state index >= 15 is 0 Å². The SMILES string of the molecule is CCC(CC)C(NC(=O)Cc1csc(-c2ccc(C(F)(F)F)cc2)n1)C(=O)O. The van der Waals surface area contributed by atoms with Gasteiger partial charge in [-0.05, 0) is 18.1 Å². The molecule has 0 spiro atoms. The summed E-state index contributed by atoms with van der Waals surface area (Å²) in [6.07, 6.45) is -3.24. The van der Waals surface area contributed by atoms with Gasteiger partial charge in [-0.1, -0.05) is 38.8 Å². The van der Waals surface area contributed by atoms with Crippen LogP contribution in [0.1, 0.15) is 37.9 Å². The highest BCUT2D eigenvalue weighted by atomic mass is 32.1. The first-order valence-corrected chi connectivity index (χ1v) is 9.67. The number of aliphatic carboxylic acids is 1. The molecule has 1 aromatic heterocycles. The van der Waals surface area contributed by atoms with Crippen LogP contribution in [-0.2, 0) is 22.2 Å². The van der Waals surface area contributed by atoms with Crippen LogP contribution >= 0.6 is 11.3 Å². The Morgan fingerprint density at radius 2 is 1.79 bits per heavy atom. The number of nitrogens with one attached hydrogen (secondary N) is 1. The predicted octanol–water partition coefficient (Wildman–Crippen LogP) is 4.38. The molecule has 5 nitrogen and oxygen atoms in total. The lowest BCUT2D eigenvalue weighted by Gasteiger charge is -2.22. The van der Waals surface area contributed by atoms with Crippen molar-refractivity contribution in [3.8, 4) is 10.6 Å². The third-order valence-corrected chi connectivity index (χ3v) is 5.40. The van der Waals surface area contributed by atoms with E-state index < -0.39 is 29.7 Å². The van der Waals surface area contributed by atoms with E-state index in [2.05, 4.69) is 10.3 Å². The van der Waals surface area contributed by atoms with Crippen LogP contribution in [0.2, 0.25) is 0 Å². The summed E-state index contributed by atoms with van der Waals surface area (Å²) in [6, 6.07) is 3.67. The zero-order chi connectivity index (χ0) is 20.9. The maximum absolute atomic E-state index is 12.6. The van der Waals surface area contributed by atoms with E-state index in [1.807, 2.05) is 13.8 Å². The number of hydrogen-bond acceptors (Lipinski definition) is 4. The molecule has 1 aromatic carbocycles. The van der Waals surface area contributed by atoms with Gasteiger partial charge in [-0.15, -0.1) is 11.3 Å².